The highest BCUT2D eigenvalue weighted by Gasteiger charge is 2.30. The molecule has 0 saturated heterocycles. The lowest BCUT2D eigenvalue weighted by atomic mass is 10.0. The number of Topliss-reactive ketones (excluding diaryl/α,β-unsaturated/α-hetero) is 1. The maximum Gasteiger partial charge on any atom is 0.416 e. The van der Waals surface area contributed by atoms with Gasteiger partial charge in [0.05, 0.1) is 12.2 Å². The molecule has 0 fully saturated rings. The molecule has 0 atom stereocenters. The highest BCUT2D eigenvalue weighted by molar-refractivity contribution is 5.96. The van der Waals surface area contributed by atoms with Crippen LogP contribution in [0.25, 0.3) is 0 Å². The van der Waals surface area contributed by atoms with Crippen molar-refractivity contribution in [3.63, 3.8) is 0 Å². The van der Waals surface area contributed by atoms with E-state index in [0.29, 0.717) is 37.9 Å². The molecule has 0 unspecified atom stereocenters. The third kappa shape index (κ3) is 7.30. The number of hydrogen-bond donors (Lipinski definition) is 0. The molecule has 0 bridgehead atoms. The molecule has 1 aromatic rings. The fraction of sp³-hybridized carbons (Fsp3) is 0.529. The Labute approximate surface area is 133 Å². The standard InChI is InChI=1S/C17H21F3O3/c1-2-23-16(22)8-6-4-3-5-7-15(21)13-9-11-14(12-10-13)17(18,19)20/h9-12H,2-8H2,1H3. The largest absolute Gasteiger partial charge is 0.466 e. The Morgan fingerprint density at radius 3 is 2.04 bits per heavy atom. The van der Waals surface area contributed by atoms with Gasteiger partial charge in [0.15, 0.2) is 5.78 Å². The van der Waals surface area contributed by atoms with Gasteiger partial charge in [-0.15, -0.1) is 0 Å². The Morgan fingerprint density at radius 2 is 1.52 bits per heavy atom. The van der Waals surface area contributed by atoms with E-state index in [0.717, 1.165) is 25.0 Å². The predicted molar refractivity (Wildman–Crippen MR) is 80.1 cm³/mol. The number of rotatable bonds is 9. The Morgan fingerprint density at radius 1 is 0.957 bits per heavy atom. The van der Waals surface area contributed by atoms with Crippen molar-refractivity contribution in [2.45, 2.75) is 51.6 Å². The first kappa shape index (κ1) is 19.2. The van der Waals surface area contributed by atoms with Crippen LogP contribution in [-0.2, 0) is 15.7 Å². The number of alkyl halides is 3. The zero-order chi connectivity index (χ0) is 17.3. The van der Waals surface area contributed by atoms with Crippen LogP contribution >= 0.6 is 0 Å². The minimum Gasteiger partial charge on any atom is -0.466 e. The Kier molecular flexibility index (Phi) is 7.78. The van der Waals surface area contributed by atoms with Crippen LogP contribution < -0.4 is 0 Å². The van der Waals surface area contributed by atoms with E-state index in [1.165, 1.54) is 12.1 Å². The number of hydrogen-bond acceptors (Lipinski definition) is 3. The monoisotopic (exact) mass is 330 g/mol. The molecule has 1 rings (SSSR count). The highest BCUT2D eigenvalue weighted by Crippen LogP contribution is 2.29. The number of carbonyl (C=O) groups is 2. The summed E-state index contributed by atoms with van der Waals surface area (Å²) >= 11 is 0. The second kappa shape index (κ2) is 9.33. The molecular weight excluding hydrogens is 309 g/mol. The van der Waals surface area contributed by atoms with Crippen molar-refractivity contribution in [1.29, 1.82) is 0 Å². The van der Waals surface area contributed by atoms with Gasteiger partial charge in [0.2, 0.25) is 0 Å². The maximum absolute atomic E-state index is 12.4. The lowest BCUT2D eigenvalue weighted by molar-refractivity contribution is -0.143. The van der Waals surface area contributed by atoms with Crippen LogP contribution in [0.2, 0.25) is 0 Å². The minimum atomic E-state index is -4.39. The molecule has 0 radical (unpaired) electrons. The van der Waals surface area contributed by atoms with Crippen molar-refractivity contribution >= 4 is 11.8 Å². The van der Waals surface area contributed by atoms with Crippen molar-refractivity contribution in [3.05, 3.63) is 35.4 Å². The average Bonchev–Trinajstić information content (AvgIpc) is 2.50. The molecule has 3 nitrogen and oxygen atoms in total. The van der Waals surface area contributed by atoms with Gasteiger partial charge in [0.25, 0.3) is 0 Å². The molecule has 128 valence electrons. The molecule has 0 aliphatic carbocycles. The van der Waals surface area contributed by atoms with Gasteiger partial charge in [-0.1, -0.05) is 25.0 Å². The summed E-state index contributed by atoms with van der Waals surface area (Å²) in [6.07, 6.45) is -0.729. The maximum atomic E-state index is 12.4. The summed E-state index contributed by atoms with van der Waals surface area (Å²) in [4.78, 5) is 23.0. The van der Waals surface area contributed by atoms with E-state index in [2.05, 4.69) is 0 Å². The minimum absolute atomic E-state index is 0.163. The van der Waals surface area contributed by atoms with Gasteiger partial charge in [-0.05, 0) is 31.9 Å². The molecule has 0 spiro atoms. The van der Waals surface area contributed by atoms with E-state index >= 15 is 0 Å². The topological polar surface area (TPSA) is 43.4 Å². The van der Waals surface area contributed by atoms with Crippen LogP contribution in [0.4, 0.5) is 13.2 Å². The third-order valence-electron chi connectivity index (χ3n) is 3.37. The molecule has 0 N–H and O–H groups in total. The lowest BCUT2D eigenvalue weighted by Gasteiger charge is -2.07. The molecule has 23 heavy (non-hydrogen) atoms. The van der Waals surface area contributed by atoms with Crippen LogP contribution in [0.15, 0.2) is 24.3 Å². The zero-order valence-electron chi connectivity index (χ0n) is 13.1. The van der Waals surface area contributed by atoms with E-state index in [9.17, 15) is 22.8 Å². The first-order valence-corrected chi connectivity index (χ1v) is 7.70. The molecule has 1 aromatic carbocycles. The van der Waals surface area contributed by atoms with Crippen LogP contribution in [0.3, 0.4) is 0 Å². The summed E-state index contributed by atoms with van der Waals surface area (Å²) < 4.78 is 42.1. The van der Waals surface area contributed by atoms with Crippen molar-refractivity contribution in [2.75, 3.05) is 6.61 Å². The van der Waals surface area contributed by atoms with Crippen LogP contribution in [0.1, 0.15) is 61.4 Å². The smallest absolute Gasteiger partial charge is 0.416 e. The fourth-order valence-corrected chi connectivity index (χ4v) is 2.13. The van der Waals surface area contributed by atoms with E-state index in [1.54, 1.807) is 6.92 Å². The summed E-state index contributed by atoms with van der Waals surface area (Å²) in [6, 6.07) is 4.27. The SMILES string of the molecule is CCOC(=O)CCCCCCC(=O)c1ccc(C(F)(F)F)cc1. The Bertz CT molecular complexity index is 507. The highest BCUT2D eigenvalue weighted by atomic mass is 19.4. The number of benzene rings is 1. The van der Waals surface area contributed by atoms with E-state index in [4.69, 9.17) is 4.74 Å². The number of esters is 1. The number of carbonyl (C=O) groups excluding carboxylic acids is 2. The van der Waals surface area contributed by atoms with Gasteiger partial charge in [-0.25, -0.2) is 0 Å². The zero-order valence-corrected chi connectivity index (χ0v) is 13.1. The second-order valence-corrected chi connectivity index (χ2v) is 5.22. The van der Waals surface area contributed by atoms with Crippen molar-refractivity contribution in [1.82, 2.24) is 0 Å². The normalized spacial score (nSPS) is 11.3. The molecular formula is C17H21F3O3. The second-order valence-electron chi connectivity index (χ2n) is 5.22. The Balaban J connectivity index is 2.25. The van der Waals surface area contributed by atoms with Crippen molar-refractivity contribution in [2.24, 2.45) is 0 Å². The third-order valence-corrected chi connectivity index (χ3v) is 3.37. The molecule has 0 heterocycles. The van der Waals surface area contributed by atoms with Gasteiger partial charge in [-0.2, -0.15) is 13.2 Å². The first-order chi connectivity index (χ1) is 10.8. The van der Waals surface area contributed by atoms with Gasteiger partial charge in [0.1, 0.15) is 0 Å². The molecule has 0 aliphatic heterocycles. The summed E-state index contributed by atoms with van der Waals surface area (Å²) in [5.74, 6) is -0.377. The molecule has 0 aliphatic rings. The fourth-order valence-electron chi connectivity index (χ4n) is 2.13. The average molecular weight is 330 g/mol. The molecule has 6 heteroatoms. The quantitative estimate of drug-likeness (QED) is 0.371. The summed E-state index contributed by atoms with van der Waals surface area (Å²) in [6.45, 7) is 2.13. The number of unbranched alkanes of at least 4 members (excludes halogenated alkanes) is 3. The van der Waals surface area contributed by atoms with Gasteiger partial charge >= 0.3 is 12.1 Å². The lowest BCUT2D eigenvalue weighted by Crippen LogP contribution is -2.06. The van der Waals surface area contributed by atoms with E-state index < -0.39 is 11.7 Å². The summed E-state index contributed by atoms with van der Waals surface area (Å²) in [5, 5.41) is 0. The molecule has 0 aromatic heterocycles. The van der Waals surface area contributed by atoms with Crippen LogP contribution in [0, 0.1) is 0 Å². The van der Waals surface area contributed by atoms with Gasteiger partial charge in [0, 0.05) is 18.4 Å². The van der Waals surface area contributed by atoms with Crippen molar-refractivity contribution in [3.8, 4) is 0 Å². The Hall–Kier alpha value is -1.85. The number of halogens is 3. The summed E-state index contributed by atoms with van der Waals surface area (Å²) in [7, 11) is 0. The van der Waals surface area contributed by atoms with E-state index in [1.807, 2.05) is 0 Å². The van der Waals surface area contributed by atoms with Crippen LogP contribution in [0.5, 0.6) is 0 Å². The molecule has 0 saturated carbocycles. The van der Waals surface area contributed by atoms with Crippen LogP contribution in [-0.4, -0.2) is 18.4 Å². The number of ketones is 1. The van der Waals surface area contributed by atoms with Gasteiger partial charge in [-0.3, -0.25) is 9.59 Å². The van der Waals surface area contributed by atoms with E-state index in [-0.39, 0.29) is 11.8 Å². The van der Waals surface area contributed by atoms with Gasteiger partial charge < -0.3 is 4.74 Å². The number of ether oxygens (including phenoxy) is 1. The summed E-state index contributed by atoms with van der Waals surface area (Å²) in [5.41, 5.74) is -0.461. The predicted octanol–water partition coefficient (Wildman–Crippen LogP) is 4.79. The molecule has 0 amide bonds. The first-order valence-electron chi connectivity index (χ1n) is 7.70. The van der Waals surface area contributed by atoms with Crippen molar-refractivity contribution < 1.29 is 27.5 Å².